The molecule has 1 amide bonds. The van der Waals surface area contributed by atoms with Crippen LogP contribution >= 0.6 is 0 Å². The third-order valence-electron chi connectivity index (χ3n) is 6.98. The summed E-state index contributed by atoms with van der Waals surface area (Å²) in [6.45, 7) is 5.31. The van der Waals surface area contributed by atoms with Gasteiger partial charge in [-0.2, -0.15) is 4.31 Å². The third-order valence-corrected chi connectivity index (χ3v) is 8.86. The van der Waals surface area contributed by atoms with Crippen molar-refractivity contribution in [1.29, 1.82) is 0 Å². The van der Waals surface area contributed by atoms with Gasteiger partial charge in [0.05, 0.1) is 31.1 Å². The summed E-state index contributed by atoms with van der Waals surface area (Å²) >= 11 is 0. The number of nitrogens with one attached hydrogen (secondary N) is 1. The highest BCUT2D eigenvalue weighted by atomic mass is 32.2. The van der Waals surface area contributed by atoms with Gasteiger partial charge in [0.2, 0.25) is 10.0 Å². The maximum atomic E-state index is 13.6. The van der Waals surface area contributed by atoms with E-state index < -0.39 is 22.2 Å². The Morgan fingerprint density at radius 1 is 1.13 bits per heavy atom. The van der Waals surface area contributed by atoms with Gasteiger partial charge < -0.3 is 29.4 Å². The number of fused-ring (bicyclic) bond motifs is 1. The molecule has 11 heteroatoms. The first-order valence-electron chi connectivity index (χ1n) is 13.3. The number of alkyl carbamates (subject to hydrolysis) is 1. The molecule has 2 fully saturated rings. The maximum Gasteiger partial charge on any atom is 0.407 e. The van der Waals surface area contributed by atoms with Crippen molar-refractivity contribution in [3.63, 3.8) is 0 Å². The van der Waals surface area contributed by atoms with Gasteiger partial charge in [-0.05, 0) is 67.1 Å². The lowest BCUT2D eigenvalue weighted by Gasteiger charge is -2.27. The molecule has 0 aromatic heterocycles. The summed E-state index contributed by atoms with van der Waals surface area (Å²) in [6.07, 6.45) is 0.266. The number of hydrogen-bond donors (Lipinski definition) is 2. The molecular formula is C28H38N2O8S. The summed E-state index contributed by atoms with van der Waals surface area (Å²) in [5.41, 5.74) is 0.889. The standard InChI is InChI=1S/C28H38N2O8S/c1-19(2)17-30(39(33,34)24-10-8-23(35-3)9-11-24)14-12-21(16-20-4-6-22(31)7-5-20)29-28(32)38-26-18-37-27-25(26)13-15-36-27/h4-11,19,21,25-27,31H,12-18H2,1-3H3,(H,29,32)/t21-,25?,26+,27?/m1/s1. The Morgan fingerprint density at radius 2 is 1.85 bits per heavy atom. The zero-order chi connectivity index (χ0) is 28.0. The minimum atomic E-state index is -3.78. The van der Waals surface area contributed by atoms with E-state index in [1.54, 1.807) is 36.4 Å². The number of nitrogens with zero attached hydrogens (tertiary/aromatic N) is 1. The summed E-state index contributed by atoms with van der Waals surface area (Å²) in [5, 5.41) is 12.6. The van der Waals surface area contributed by atoms with Gasteiger partial charge in [0, 0.05) is 19.1 Å². The van der Waals surface area contributed by atoms with E-state index in [1.807, 2.05) is 13.8 Å². The van der Waals surface area contributed by atoms with Crippen LogP contribution in [0.4, 0.5) is 4.79 Å². The van der Waals surface area contributed by atoms with Crippen LogP contribution in [0.15, 0.2) is 53.4 Å². The molecule has 2 heterocycles. The van der Waals surface area contributed by atoms with Crippen LogP contribution < -0.4 is 10.1 Å². The van der Waals surface area contributed by atoms with Crippen LogP contribution in [0.1, 0.15) is 32.3 Å². The lowest BCUT2D eigenvalue weighted by molar-refractivity contribution is -0.0907. The van der Waals surface area contributed by atoms with Crippen LogP contribution in [0, 0.1) is 11.8 Å². The number of phenols is 1. The quantitative estimate of drug-likeness (QED) is 0.403. The van der Waals surface area contributed by atoms with Crippen LogP contribution in [0.5, 0.6) is 11.5 Å². The molecular weight excluding hydrogens is 524 g/mol. The van der Waals surface area contributed by atoms with Crippen LogP contribution in [-0.4, -0.2) is 75.8 Å². The molecule has 2 aliphatic heterocycles. The van der Waals surface area contributed by atoms with Gasteiger partial charge in [-0.15, -0.1) is 0 Å². The van der Waals surface area contributed by atoms with E-state index in [-0.39, 0.29) is 48.0 Å². The number of benzene rings is 2. The Morgan fingerprint density at radius 3 is 2.51 bits per heavy atom. The van der Waals surface area contributed by atoms with Crippen molar-refractivity contribution >= 4 is 16.1 Å². The molecule has 10 nitrogen and oxygen atoms in total. The number of ether oxygens (including phenoxy) is 4. The van der Waals surface area contributed by atoms with Gasteiger partial charge in [-0.3, -0.25) is 0 Å². The van der Waals surface area contributed by atoms with E-state index in [2.05, 4.69) is 5.32 Å². The summed E-state index contributed by atoms with van der Waals surface area (Å²) < 4.78 is 50.5. The Bertz CT molecular complexity index is 1190. The molecule has 0 radical (unpaired) electrons. The average molecular weight is 563 g/mol. The number of phenolic OH excluding ortho intramolecular Hbond substituents is 1. The highest BCUT2D eigenvalue weighted by Gasteiger charge is 2.44. The first-order valence-corrected chi connectivity index (χ1v) is 14.7. The number of amides is 1. The lowest BCUT2D eigenvalue weighted by atomic mass is 10.0. The van der Waals surface area contributed by atoms with E-state index in [1.165, 1.54) is 23.5 Å². The van der Waals surface area contributed by atoms with Crippen molar-refractivity contribution < 1.29 is 37.3 Å². The molecule has 0 aliphatic carbocycles. The Balaban J connectivity index is 1.47. The number of hydrogen-bond acceptors (Lipinski definition) is 8. The molecule has 4 atom stereocenters. The minimum Gasteiger partial charge on any atom is -0.508 e. The summed E-state index contributed by atoms with van der Waals surface area (Å²) in [5.74, 6) is 0.827. The van der Waals surface area contributed by atoms with E-state index in [0.717, 1.165) is 12.0 Å². The molecule has 214 valence electrons. The van der Waals surface area contributed by atoms with Crippen molar-refractivity contribution in [3.05, 3.63) is 54.1 Å². The van der Waals surface area contributed by atoms with Gasteiger partial charge in [-0.1, -0.05) is 26.0 Å². The Kier molecular flexibility index (Phi) is 9.71. The van der Waals surface area contributed by atoms with Crippen LogP contribution in [-0.2, 0) is 30.7 Å². The van der Waals surface area contributed by atoms with Gasteiger partial charge in [0.25, 0.3) is 0 Å². The molecule has 2 unspecified atom stereocenters. The second kappa shape index (κ2) is 13.0. The van der Waals surface area contributed by atoms with E-state index in [9.17, 15) is 18.3 Å². The molecule has 0 spiro atoms. The second-order valence-corrected chi connectivity index (χ2v) is 12.3. The van der Waals surface area contributed by atoms with Crippen molar-refractivity contribution in [2.75, 3.05) is 33.4 Å². The maximum absolute atomic E-state index is 13.6. The molecule has 0 bridgehead atoms. The summed E-state index contributed by atoms with van der Waals surface area (Å²) in [7, 11) is -2.25. The lowest BCUT2D eigenvalue weighted by Crippen LogP contribution is -2.43. The smallest absolute Gasteiger partial charge is 0.407 e. The molecule has 2 aromatic carbocycles. The van der Waals surface area contributed by atoms with E-state index >= 15 is 0 Å². The van der Waals surface area contributed by atoms with E-state index in [0.29, 0.717) is 31.7 Å². The molecule has 4 rings (SSSR count). The molecule has 0 saturated carbocycles. The summed E-state index contributed by atoms with van der Waals surface area (Å²) in [4.78, 5) is 13.1. The molecule has 2 aromatic rings. The predicted octanol–water partition coefficient (Wildman–Crippen LogP) is 3.54. The molecule has 39 heavy (non-hydrogen) atoms. The number of carbonyl (C=O) groups is 1. The fourth-order valence-electron chi connectivity index (χ4n) is 4.94. The normalized spacial score (nSPS) is 21.6. The second-order valence-electron chi connectivity index (χ2n) is 10.4. The Hall–Kier alpha value is -2.86. The predicted molar refractivity (Wildman–Crippen MR) is 144 cm³/mol. The number of carbonyl (C=O) groups excluding carboxylic acids is 1. The third kappa shape index (κ3) is 7.63. The minimum absolute atomic E-state index is 0.0162. The van der Waals surface area contributed by atoms with Crippen LogP contribution in [0.3, 0.4) is 0 Å². The van der Waals surface area contributed by atoms with Crippen LogP contribution in [0.2, 0.25) is 0 Å². The molecule has 2 N–H and O–H groups in total. The largest absolute Gasteiger partial charge is 0.508 e. The SMILES string of the molecule is COc1ccc(S(=O)(=O)N(CC[C@H](Cc2ccc(O)cc2)NC(=O)O[C@H]2COC3OCCC32)CC(C)C)cc1. The average Bonchev–Trinajstić information content (AvgIpc) is 3.52. The fourth-order valence-corrected chi connectivity index (χ4v) is 6.56. The monoisotopic (exact) mass is 562 g/mol. The number of methoxy groups -OCH3 is 1. The highest BCUT2D eigenvalue weighted by molar-refractivity contribution is 7.89. The van der Waals surface area contributed by atoms with Crippen molar-refractivity contribution in [2.45, 2.75) is 56.4 Å². The zero-order valence-electron chi connectivity index (χ0n) is 22.6. The van der Waals surface area contributed by atoms with Gasteiger partial charge >= 0.3 is 6.09 Å². The molecule has 2 aliphatic rings. The van der Waals surface area contributed by atoms with Gasteiger partial charge in [-0.25, -0.2) is 13.2 Å². The highest BCUT2D eigenvalue weighted by Crippen LogP contribution is 2.33. The van der Waals surface area contributed by atoms with Crippen LogP contribution in [0.25, 0.3) is 0 Å². The number of sulfonamides is 1. The fraction of sp³-hybridized carbons (Fsp3) is 0.536. The number of aromatic hydroxyl groups is 1. The first kappa shape index (κ1) is 29.1. The topological polar surface area (TPSA) is 124 Å². The molecule has 2 saturated heterocycles. The van der Waals surface area contributed by atoms with Gasteiger partial charge in [0.1, 0.15) is 17.6 Å². The van der Waals surface area contributed by atoms with Gasteiger partial charge in [0.15, 0.2) is 6.29 Å². The van der Waals surface area contributed by atoms with E-state index in [4.69, 9.17) is 18.9 Å². The number of rotatable bonds is 12. The zero-order valence-corrected chi connectivity index (χ0v) is 23.4. The summed E-state index contributed by atoms with van der Waals surface area (Å²) in [6, 6.07) is 12.6. The van der Waals surface area contributed by atoms with Crippen molar-refractivity contribution in [3.8, 4) is 11.5 Å². The van der Waals surface area contributed by atoms with Crippen molar-refractivity contribution in [1.82, 2.24) is 9.62 Å². The Labute approximate surface area is 230 Å². The van der Waals surface area contributed by atoms with Crippen molar-refractivity contribution in [2.24, 2.45) is 11.8 Å². The first-order chi connectivity index (χ1) is 18.7.